The van der Waals surface area contributed by atoms with Gasteiger partial charge in [0, 0.05) is 31.9 Å². The van der Waals surface area contributed by atoms with Gasteiger partial charge in [-0.3, -0.25) is 4.79 Å². The molecule has 4 heteroatoms. The highest BCUT2D eigenvalue weighted by Gasteiger charge is 2.36. The maximum Gasteiger partial charge on any atom is 0.225 e. The van der Waals surface area contributed by atoms with Crippen LogP contribution in [0.1, 0.15) is 58.4 Å². The van der Waals surface area contributed by atoms with Gasteiger partial charge >= 0.3 is 0 Å². The zero-order chi connectivity index (χ0) is 19.4. The summed E-state index contributed by atoms with van der Waals surface area (Å²) in [7, 11) is 0. The zero-order valence-corrected chi connectivity index (χ0v) is 17.3. The molecule has 1 amide bonds. The number of benzene rings is 1. The predicted octanol–water partition coefficient (Wildman–Crippen LogP) is 3.87. The van der Waals surface area contributed by atoms with E-state index in [1.54, 1.807) is 0 Å². The first-order valence-electron chi connectivity index (χ1n) is 10.7. The smallest absolute Gasteiger partial charge is 0.225 e. The summed E-state index contributed by atoms with van der Waals surface area (Å²) in [6.07, 6.45) is 4.86. The maximum atomic E-state index is 12.7. The van der Waals surface area contributed by atoms with Gasteiger partial charge in [-0.05, 0) is 61.6 Å². The van der Waals surface area contributed by atoms with Crippen LogP contribution in [0.2, 0.25) is 0 Å². The lowest BCUT2D eigenvalue weighted by Crippen LogP contribution is -2.49. The minimum Gasteiger partial charge on any atom is -0.389 e. The maximum absolute atomic E-state index is 12.7. The van der Waals surface area contributed by atoms with Crippen LogP contribution in [-0.4, -0.2) is 47.7 Å². The zero-order valence-electron chi connectivity index (χ0n) is 17.3. The van der Waals surface area contributed by atoms with E-state index < -0.39 is 5.60 Å². The predicted molar refractivity (Wildman–Crippen MR) is 111 cm³/mol. The van der Waals surface area contributed by atoms with Crippen molar-refractivity contribution in [2.75, 3.05) is 31.1 Å². The molecule has 1 aromatic rings. The van der Waals surface area contributed by atoms with Crippen molar-refractivity contribution in [2.45, 2.75) is 64.9 Å². The van der Waals surface area contributed by atoms with Crippen LogP contribution < -0.4 is 4.90 Å². The molecule has 0 bridgehead atoms. The molecule has 2 aliphatic rings. The van der Waals surface area contributed by atoms with Crippen LogP contribution in [0.3, 0.4) is 0 Å². The van der Waals surface area contributed by atoms with Crippen molar-refractivity contribution in [3.05, 3.63) is 29.8 Å². The van der Waals surface area contributed by atoms with Gasteiger partial charge in [-0.15, -0.1) is 0 Å². The van der Waals surface area contributed by atoms with E-state index in [2.05, 4.69) is 49.9 Å². The number of hydrogen-bond donors (Lipinski definition) is 1. The first-order valence-corrected chi connectivity index (χ1v) is 10.7. The Bertz CT molecular complexity index is 610. The minimum atomic E-state index is -0.841. The van der Waals surface area contributed by atoms with Crippen molar-refractivity contribution in [1.29, 1.82) is 0 Å². The van der Waals surface area contributed by atoms with Crippen LogP contribution in [0.15, 0.2) is 24.3 Å². The lowest BCUT2D eigenvalue weighted by Gasteiger charge is -2.41. The summed E-state index contributed by atoms with van der Waals surface area (Å²) < 4.78 is 0. The normalized spacial score (nSPS) is 20.9. The molecule has 0 radical (unpaired) electrons. The van der Waals surface area contributed by atoms with Gasteiger partial charge in [-0.1, -0.05) is 32.9 Å². The fourth-order valence-electron chi connectivity index (χ4n) is 4.51. The van der Waals surface area contributed by atoms with Gasteiger partial charge in [0.15, 0.2) is 0 Å². The summed E-state index contributed by atoms with van der Waals surface area (Å²) in [6.45, 7) is 10.0. The Morgan fingerprint density at radius 2 is 1.70 bits per heavy atom. The van der Waals surface area contributed by atoms with Crippen LogP contribution in [0.25, 0.3) is 0 Å². The number of rotatable bonds is 5. The summed E-state index contributed by atoms with van der Waals surface area (Å²) >= 11 is 0. The summed E-state index contributed by atoms with van der Waals surface area (Å²) in [5.41, 5.74) is 1.72. The highest BCUT2D eigenvalue weighted by Crippen LogP contribution is 2.31. The molecule has 2 heterocycles. The number of aliphatic hydroxyl groups is 1. The molecule has 0 aliphatic carbocycles. The molecular weight excluding hydrogens is 336 g/mol. The summed E-state index contributed by atoms with van der Waals surface area (Å²) in [6, 6.07) is 8.71. The van der Waals surface area contributed by atoms with Crippen LogP contribution in [0, 0.1) is 11.8 Å². The second-order valence-corrected chi connectivity index (χ2v) is 8.87. The Balaban J connectivity index is 1.49. The van der Waals surface area contributed by atoms with Crippen molar-refractivity contribution in [2.24, 2.45) is 11.8 Å². The van der Waals surface area contributed by atoms with Gasteiger partial charge in [0.25, 0.3) is 0 Å². The van der Waals surface area contributed by atoms with Crippen molar-refractivity contribution in [3.8, 4) is 0 Å². The number of amides is 1. The van der Waals surface area contributed by atoms with E-state index in [-0.39, 0.29) is 12.3 Å². The monoisotopic (exact) mass is 372 g/mol. The van der Waals surface area contributed by atoms with E-state index in [4.69, 9.17) is 0 Å². The van der Waals surface area contributed by atoms with E-state index in [0.29, 0.717) is 18.8 Å². The highest BCUT2D eigenvalue weighted by atomic mass is 16.3. The van der Waals surface area contributed by atoms with Crippen molar-refractivity contribution in [1.82, 2.24) is 4.90 Å². The first kappa shape index (κ1) is 20.2. The fourth-order valence-corrected chi connectivity index (χ4v) is 4.51. The molecule has 150 valence electrons. The number of anilines is 1. The summed E-state index contributed by atoms with van der Waals surface area (Å²) in [5.74, 6) is 1.57. The van der Waals surface area contributed by atoms with Crippen molar-refractivity contribution in [3.63, 3.8) is 0 Å². The number of carbonyl (C=O) groups excluding carboxylic acids is 1. The Kier molecular flexibility index (Phi) is 6.46. The summed E-state index contributed by atoms with van der Waals surface area (Å²) in [4.78, 5) is 17.0. The first-order chi connectivity index (χ1) is 12.9. The van der Waals surface area contributed by atoms with E-state index in [1.165, 1.54) is 11.3 Å². The van der Waals surface area contributed by atoms with Crippen molar-refractivity contribution >= 4 is 11.6 Å². The quantitative estimate of drug-likeness (QED) is 0.853. The third-order valence-electron chi connectivity index (χ3n) is 6.72. The second-order valence-electron chi connectivity index (χ2n) is 8.87. The standard InChI is InChI=1S/C23H36N2O2/c1-4-19-5-7-21(8-6-19)24-15-11-23(27,12-16-24)17-22(26)25-13-9-20(10-14-25)18(2)3/h5-8,18,20,27H,4,9-17H2,1-3H3. The molecule has 2 saturated heterocycles. The fraction of sp³-hybridized carbons (Fsp3) is 0.696. The molecule has 27 heavy (non-hydrogen) atoms. The number of carbonyl (C=O) groups is 1. The largest absolute Gasteiger partial charge is 0.389 e. The number of nitrogens with zero attached hydrogens (tertiary/aromatic N) is 2. The Labute approximate surface area is 164 Å². The van der Waals surface area contributed by atoms with Gasteiger partial charge in [0.2, 0.25) is 5.91 Å². The Morgan fingerprint density at radius 1 is 1.11 bits per heavy atom. The lowest BCUT2D eigenvalue weighted by molar-refractivity contribution is -0.138. The molecule has 1 aromatic carbocycles. The van der Waals surface area contributed by atoms with Gasteiger partial charge < -0.3 is 14.9 Å². The van der Waals surface area contributed by atoms with Gasteiger partial charge in [0.1, 0.15) is 0 Å². The molecular formula is C23H36N2O2. The molecule has 0 atom stereocenters. The van der Waals surface area contributed by atoms with Crippen LogP contribution in [0.4, 0.5) is 5.69 Å². The highest BCUT2D eigenvalue weighted by molar-refractivity contribution is 5.77. The topological polar surface area (TPSA) is 43.8 Å². The van der Waals surface area contributed by atoms with Gasteiger partial charge in [-0.2, -0.15) is 0 Å². The van der Waals surface area contributed by atoms with E-state index in [0.717, 1.165) is 51.4 Å². The SMILES string of the molecule is CCc1ccc(N2CCC(O)(CC(=O)N3CCC(C(C)C)CC3)CC2)cc1. The number of hydrogen-bond acceptors (Lipinski definition) is 3. The van der Waals surface area contributed by atoms with Crippen LogP contribution >= 0.6 is 0 Å². The number of aryl methyl sites for hydroxylation is 1. The Hall–Kier alpha value is -1.55. The minimum absolute atomic E-state index is 0.139. The molecule has 0 unspecified atom stereocenters. The molecule has 3 rings (SSSR count). The average Bonchev–Trinajstić information content (AvgIpc) is 2.68. The van der Waals surface area contributed by atoms with E-state index >= 15 is 0 Å². The molecule has 1 N–H and O–H groups in total. The third-order valence-corrected chi connectivity index (χ3v) is 6.72. The van der Waals surface area contributed by atoms with Crippen molar-refractivity contribution < 1.29 is 9.90 Å². The molecule has 2 aliphatic heterocycles. The van der Waals surface area contributed by atoms with E-state index in [9.17, 15) is 9.90 Å². The van der Waals surface area contributed by atoms with Crippen LogP contribution in [0.5, 0.6) is 0 Å². The number of likely N-dealkylation sites (tertiary alicyclic amines) is 1. The summed E-state index contributed by atoms with van der Waals surface area (Å²) in [5, 5.41) is 11.0. The molecule has 2 fully saturated rings. The number of piperidine rings is 2. The average molecular weight is 373 g/mol. The molecule has 0 spiro atoms. The Morgan fingerprint density at radius 3 is 2.22 bits per heavy atom. The molecule has 4 nitrogen and oxygen atoms in total. The molecule has 0 saturated carbocycles. The molecule has 0 aromatic heterocycles. The van der Waals surface area contributed by atoms with Gasteiger partial charge in [0.05, 0.1) is 12.0 Å². The van der Waals surface area contributed by atoms with E-state index in [1.807, 2.05) is 4.90 Å². The van der Waals surface area contributed by atoms with Crippen LogP contribution in [-0.2, 0) is 11.2 Å². The third kappa shape index (κ3) is 5.04. The second kappa shape index (κ2) is 8.64. The van der Waals surface area contributed by atoms with Gasteiger partial charge in [-0.25, -0.2) is 0 Å². The lowest BCUT2D eigenvalue weighted by atomic mass is 9.85.